The molecule has 2 aliphatic rings. The first-order chi connectivity index (χ1) is 10.2. The van der Waals surface area contributed by atoms with E-state index >= 15 is 0 Å². The van der Waals surface area contributed by atoms with Crippen LogP contribution in [0.5, 0.6) is 23.0 Å². The number of phenolic OH excluding ortho intramolecular Hbond substituents is 2. The molecule has 0 spiro atoms. The van der Waals surface area contributed by atoms with E-state index in [1.165, 1.54) is 0 Å². The van der Waals surface area contributed by atoms with Crippen LogP contribution in [0.3, 0.4) is 0 Å². The maximum absolute atomic E-state index is 9.75. The largest absolute Gasteiger partial charge is 0.508 e. The van der Waals surface area contributed by atoms with Gasteiger partial charge in [0, 0.05) is 29.2 Å². The summed E-state index contributed by atoms with van der Waals surface area (Å²) in [4.78, 5) is 0. The molecule has 106 valence electrons. The summed E-state index contributed by atoms with van der Waals surface area (Å²) in [5, 5.41) is 19.3. The third-order valence-corrected chi connectivity index (χ3v) is 3.92. The summed E-state index contributed by atoms with van der Waals surface area (Å²) in [6.45, 7) is 0.989. The number of ether oxygens (including phenoxy) is 2. The van der Waals surface area contributed by atoms with E-state index in [0.717, 1.165) is 34.4 Å². The van der Waals surface area contributed by atoms with E-state index in [0.29, 0.717) is 19.0 Å². The lowest BCUT2D eigenvalue weighted by molar-refractivity contribution is 0.328. The fourth-order valence-corrected chi connectivity index (χ4v) is 2.95. The smallest absolute Gasteiger partial charge is 0.131 e. The first-order valence-electron chi connectivity index (χ1n) is 6.87. The molecule has 0 saturated heterocycles. The zero-order valence-corrected chi connectivity index (χ0v) is 11.3. The van der Waals surface area contributed by atoms with Crippen molar-refractivity contribution in [3.63, 3.8) is 0 Å². The van der Waals surface area contributed by atoms with Crippen LogP contribution in [0.15, 0.2) is 36.4 Å². The lowest BCUT2D eigenvalue weighted by atomic mass is 9.91. The highest BCUT2D eigenvalue weighted by Gasteiger charge is 2.26. The molecular weight excluding hydrogens is 268 g/mol. The van der Waals surface area contributed by atoms with Gasteiger partial charge in [0.2, 0.25) is 0 Å². The Labute approximate surface area is 121 Å². The van der Waals surface area contributed by atoms with Crippen LogP contribution in [-0.2, 0) is 0 Å². The highest BCUT2D eigenvalue weighted by atomic mass is 16.5. The second-order valence-corrected chi connectivity index (χ2v) is 5.21. The molecular formula is C17H14O4. The summed E-state index contributed by atoms with van der Waals surface area (Å²) in [7, 11) is 0. The first kappa shape index (κ1) is 12.1. The van der Waals surface area contributed by atoms with Crippen LogP contribution in [0.4, 0.5) is 0 Å². The van der Waals surface area contributed by atoms with Gasteiger partial charge >= 0.3 is 0 Å². The van der Waals surface area contributed by atoms with E-state index in [9.17, 15) is 10.2 Å². The van der Waals surface area contributed by atoms with Crippen molar-refractivity contribution < 1.29 is 19.7 Å². The zero-order chi connectivity index (χ0) is 14.4. The minimum absolute atomic E-state index is 0.195. The third kappa shape index (κ3) is 1.91. The lowest BCUT2D eigenvalue weighted by Crippen LogP contribution is -2.10. The van der Waals surface area contributed by atoms with Crippen molar-refractivity contribution in [2.45, 2.75) is 6.42 Å². The zero-order valence-electron chi connectivity index (χ0n) is 11.3. The van der Waals surface area contributed by atoms with Gasteiger partial charge in [0.25, 0.3) is 0 Å². The Morgan fingerprint density at radius 2 is 1.57 bits per heavy atom. The van der Waals surface area contributed by atoms with E-state index in [1.807, 2.05) is 6.07 Å². The molecule has 0 bridgehead atoms. The molecule has 2 aromatic carbocycles. The fraction of sp³-hybridized carbons (Fsp3) is 0.176. The molecule has 0 aliphatic carbocycles. The van der Waals surface area contributed by atoms with Gasteiger partial charge in [-0.1, -0.05) is 0 Å². The summed E-state index contributed by atoms with van der Waals surface area (Å²) in [6.07, 6.45) is 0.770. The van der Waals surface area contributed by atoms with E-state index < -0.39 is 0 Å². The van der Waals surface area contributed by atoms with Gasteiger partial charge in [-0.15, -0.1) is 0 Å². The topological polar surface area (TPSA) is 58.9 Å². The normalized spacial score (nSPS) is 16.0. The first-order valence-corrected chi connectivity index (χ1v) is 6.87. The van der Waals surface area contributed by atoms with Gasteiger partial charge in [-0.3, -0.25) is 0 Å². The average Bonchev–Trinajstić information content (AvgIpc) is 2.66. The Bertz CT molecular complexity index is 761. The molecule has 2 aliphatic heterocycles. The quantitative estimate of drug-likeness (QED) is 0.779. The van der Waals surface area contributed by atoms with Crippen molar-refractivity contribution in [3.8, 4) is 23.0 Å². The maximum atomic E-state index is 9.75. The number of aromatic hydroxyl groups is 2. The molecule has 0 unspecified atom stereocenters. The molecule has 4 nitrogen and oxygen atoms in total. The monoisotopic (exact) mass is 282 g/mol. The molecule has 2 heterocycles. The average molecular weight is 282 g/mol. The molecule has 21 heavy (non-hydrogen) atoms. The summed E-state index contributed by atoms with van der Waals surface area (Å²) in [6, 6.07) is 10.3. The predicted molar refractivity (Wildman–Crippen MR) is 78.6 cm³/mol. The number of hydrogen-bond acceptors (Lipinski definition) is 4. The minimum Gasteiger partial charge on any atom is -0.508 e. The van der Waals surface area contributed by atoms with Crippen molar-refractivity contribution in [1.29, 1.82) is 0 Å². The van der Waals surface area contributed by atoms with Crippen LogP contribution < -0.4 is 9.47 Å². The van der Waals surface area contributed by atoms with Crippen LogP contribution in [0.2, 0.25) is 0 Å². The van der Waals surface area contributed by atoms with Crippen LogP contribution in [0.1, 0.15) is 17.5 Å². The standard InChI is InChI=1S/C17H14O4/c18-10-2-4-16-14(7-10)15-9-21-17-8-11(19)1-3-13(17)12(15)5-6-20-16/h1-4,7-8,18-19H,5-6,9H2. The molecule has 2 N–H and O–H groups in total. The number of hydrogen-bond donors (Lipinski definition) is 2. The summed E-state index contributed by atoms with van der Waals surface area (Å²) in [5.74, 6) is 1.87. The molecule has 0 radical (unpaired) electrons. The number of rotatable bonds is 0. The van der Waals surface area contributed by atoms with Crippen LogP contribution in [0.25, 0.3) is 11.1 Å². The van der Waals surface area contributed by atoms with Crippen LogP contribution >= 0.6 is 0 Å². The SMILES string of the molecule is Oc1ccc2c(c1)OCC1=C2CCOc2ccc(O)cc21. The minimum atomic E-state index is 0.195. The van der Waals surface area contributed by atoms with Crippen molar-refractivity contribution in [3.05, 3.63) is 47.5 Å². The second kappa shape index (κ2) is 4.45. The summed E-state index contributed by atoms with van der Waals surface area (Å²) >= 11 is 0. The summed E-state index contributed by atoms with van der Waals surface area (Å²) < 4.78 is 11.5. The van der Waals surface area contributed by atoms with Crippen molar-refractivity contribution in [1.82, 2.24) is 0 Å². The molecule has 0 saturated carbocycles. The highest BCUT2D eigenvalue weighted by Crippen LogP contribution is 2.44. The molecule has 0 fully saturated rings. The van der Waals surface area contributed by atoms with Crippen molar-refractivity contribution >= 4 is 11.1 Å². The van der Waals surface area contributed by atoms with Gasteiger partial charge < -0.3 is 19.7 Å². The predicted octanol–water partition coefficient (Wildman–Crippen LogP) is 3.18. The second-order valence-electron chi connectivity index (χ2n) is 5.21. The number of fused-ring (bicyclic) bond motifs is 4. The molecule has 0 amide bonds. The maximum Gasteiger partial charge on any atom is 0.131 e. The Hall–Kier alpha value is -2.62. The van der Waals surface area contributed by atoms with Crippen molar-refractivity contribution in [2.75, 3.05) is 13.2 Å². The van der Waals surface area contributed by atoms with E-state index in [1.54, 1.807) is 30.3 Å². The Morgan fingerprint density at radius 1 is 0.762 bits per heavy atom. The van der Waals surface area contributed by atoms with Gasteiger partial charge in [-0.25, -0.2) is 0 Å². The number of phenols is 2. The Kier molecular flexibility index (Phi) is 2.57. The molecule has 2 aromatic rings. The molecule has 4 heteroatoms. The van der Waals surface area contributed by atoms with Gasteiger partial charge in [-0.2, -0.15) is 0 Å². The molecule has 0 aromatic heterocycles. The molecule has 0 atom stereocenters. The van der Waals surface area contributed by atoms with Crippen LogP contribution in [0, 0.1) is 0 Å². The lowest BCUT2D eigenvalue weighted by Gasteiger charge is -2.23. The van der Waals surface area contributed by atoms with E-state index in [4.69, 9.17) is 9.47 Å². The van der Waals surface area contributed by atoms with Gasteiger partial charge in [-0.05, 0) is 35.9 Å². The van der Waals surface area contributed by atoms with E-state index in [-0.39, 0.29) is 11.5 Å². The third-order valence-electron chi connectivity index (χ3n) is 3.92. The Morgan fingerprint density at radius 3 is 2.48 bits per heavy atom. The van der Waals surface area contributed by atoms with E-state index in [2.05, 4.69) is 0 Å². The van der Waals surface area contributed by atoms with Gasteiger partial charge in [0.05, 0.1) is 6.61 Å². The number of benzene rings is 2. The van der Waals surface area contributed by atoms with Gasteiger partial charge in [0.1, 0.15) is 29.6 Å². The summed E-state index contributed by atoms with van der Waals surface area (Å²) in [5.41, 5.74) is 4.05. The highest BCUT2D eigenvalue weighted by molar-refractivity contribution is 5.96. The fourth-order valence-electron chi connectivity index (χ4n) is 2.95. The molecule has 4 rings (SSSR count). The van der Waals surface area contributed by atoms with Gasteiger partial charge in [0.15, 0.2) is 0 Å². The Balaban J connectivity index is 1.94. The van der Waals surface area contributed by atoms with Crippen LogP contribution in [-0.4, -0.2) is 23.4 Å². The van der Waals surface area contributed by atoms with Crippen molar-refractivity contribution in [2.24, 2.45) is 0 Å².